The topological polar surface area (TPSA) is 66.5 Å². The highest BCUT2D eigenvalue weighted by Gasteiger charge is 2.47. The van der Waals surface area contributed by atoms with E-state index in [0.717, 1.165) is 29.1 Å². The predicted octanol–water partition coefficient (Wildman–Crippen LogP) is 3.08. The molecule has 21 heavy (non-hydrogen) atoms. The Morgan fingerprint density at radius 1 is 1.43 bits per heavy atom. The summed E-state index contributed by atoms with van der Waals surface area (Å²) in [7, 11) is 0. The molecule has 2 heterocycles. The van der Waals surface area contributed by atoms with E-state index in [4.69, 9.17) is 11.6 Å². The number of nitrogens with one attached hydrogen (secondary N) is 1. The number of urea groups is 1. The summed E-state index contributed by atoms with van der Waals surface area (Å²) in [5.74, 6) is -0.618. The van der Waals surface area contributed by atoms with Gasteiger partial charge in [0.2, 0.25) is 0 Å². The van der Waals surface area contributed by atoms with Gasteiger partial charge in [0.15, 0.2) is 5.78 Å². The highest BCUT2D eigenvalue weighted by atomic mass is 35.5. The van der Waals surface area contributed by atoms with Crippen LogP contribution in [0.25, 0.3) is 0 Å². The molecular weight excluding hydrogens is 312 g/mol. The van der Waals surface area contributed by atoms with E-state index >= 15 is 0 Å². The second-order valence-electron chi connectivity index (χ2n) is 5.28. The van der Waals surface area contributed by atoms with Crippen LogP contribution >= 0.6 is 22.9 Å². The third-order valence-electron chi connectivity index (χ3n) is 3.53. The number of imide groups is 1. The number of amides is 3. The van der Waals surface area contributed by atoms with Crippen LogP contribution in [0.15, 0.2) is 12.1 Å². The minimum Gasteiger partial charge on any atom is -0.323 e. The molecule has 1 N–H and O–H groups in total. The molecule has 7 heteroatoms. The summed E-state index contributed by atoms with van der Waals surface area (Å²) < 4.78 is 0.503. The summed E-state index contributed by atoms with van der Waals surface area (Å²) in [6.45, 7) is 3.48. The molecule has 1 saturated heterocycles. The lowest BCUT2D eigenvalue weighted by Gasteiger charge is -2.21. The second-order valence-corrected chi connectivity index (χ2v) is 7.00. The molecule has 0 bridgehead atoms. The molecule has 1 aliphatic rings. The third kappa shape index (κ3) is 3.27. The van der Waals surface area contributed by atoms with Crippen molar-refractivity contribution in [2.45, 2.75) is 38.6 Å². The van der Waals surface area contributed by atoms with E-state index in [1.807, 2.05) is 6.92 Å². The monoisotopic (exact) mass is 328 g/mol. The van der Waals surface area contributed by atoms with Gasteiger partial charge in [0, 0.05) is 0 Å². The van der Waals surface area contributed by atoms with Crippen molar-refractivity contribution in [3.8, 4) is 0 Å². The lowest BCUT2D eigenvalue weighted by atomic mass is 9.95. The molecule has 1 fully saturated rings. The van der Waals surface area contributed by atoms with Crippen molar-refractivity contribution >= 4 is 40.7 Å². The summed E-state index contributed by atoms with van der Waals surface area (Å²) in [6, 6.07) is 2.72. The van der Waals surface area contributed by atoms with Crippen LogP contribution in [0.5, 0.6) is 0 Å². The van der Waals surface area contributed by atoms with E-state index in [2.05, 4.69) is 5.32 Å². The standard InChI is InChI=1S/C14H17ClN2O3S/c1-3-4-7-14(2)12(19)17(13(20)16-14)8-9(18)10-5-6-11(15)21-10/h5-6H,3-4,7-8H2,1-2H3,(H,16,20). The van der Waals surface area contributed by atoms with Gasteiger partial charge in [-0.3, -0.25) is 14.5 Å². The normalized spacial score (nSPS) is 21.8. The maximum Gasteiger partial charge on any atom is 0.325 e. The van der Waals surface area contributed by atoms with Crippen LogP contribution in [-0.2, 0) is 4.79 Å². The molecule has 1 atom stereocenters. The molecule has 0 spiro atoms. The second kappa shape index (κ2) is 6.15. The van der Waals surface area contributed by atoms with Crippen LogP contribution in [0.4, 0.5) is 4.79 Å². The van der Waals surface area contributed by atoms with E-state index in [-0.39, 0.29) is 18.2 Å². The Balaban J connectivity index is 2.08. The first-order valence-corrected chi connectivity index (χ1v) is 7.99. The number of nitrogens with zero attached hydrogens (tertiary/aromatic N) is 1. The first kappa shape index (κ1) is 16.0. The van der Waals surface area contributed by atoms with Crippen molar-refractivity contribution < 1.29 is 14.4 Å². The molecule has 1 unspecified atom stereocenters. The summed E-state index contributed by atoms with van der Waals surface area (Å²) in [5.41, 5.74) is -0.902. The number of rotatable bonds is 6. The van der Waals surface area contributed by atoms with Gasteiger partial charge in [0.25, 0.3) is 5.91 Å². The van der Waals surface area contributed by atoms with Crippen molar-refractivity contribution in [2.24, 2.45) is 0 Å². The number of unbranched alkanes of at least 4 members (excludes halogenated alkanes) is 1. The van der Waals surface area contributed by atoms with Crippen molar-refractivity contribution in [3.05, 3.63) is 21.3 Å². The van der Waals surface area contributed by atoms with Crippen molar-refractivity contribution in [1.82, 2.24) is 10.2 Å². The maximum atomic E-state index is 12.4. The number of hydrogen-bond donors (Lipinski definition) is 1. The molecule has 5 nitrogen and oxygen atoms in total. The fraction of sp³-hybridized carbons (Fsp3) is 0.500. The van der Waals surface area contributed by atoms with Gasteiger partial charge in [-0.05, 0) is 25.5 Å². The maximum absolute atomic E-state index is 12.4. The van der Waals surface area contributed by atoms with Gasteiger partial charge in [-0.1, -0.05) is 31.4 Å². The van der Waals surface area contributed by atoms with E-state index in [9.17, 15) is 14.4 Å². The molecule has 1 aliphatic heterocycles. The lowest BCUT2D eigenvalue weighted by molar-refractivity contribution is -0.130. The fourth-order valence-electron chi connectivity index (χ4n) is 2.28. The lowest BCUT2D eigenvalue weighted by Crippen LogP contribution is -2.44. The van der Waals surface area contributed by atoms with E-state index in [1.165, 1.54) is 0 Å². The molecule has 114 valence electrons. The summed E-state index contributed by atoms with van der Waals surface area (Å²) in [5, 5.41) is 2.69. The first-order chi connectivity index (χ1) is 9.87. The Morgan fingerprint density at radius 3 is 2.71 bits per heavy atom. The van der Waals surface area contributed by atoms with Gasteiger partial charge >= 0.3 is 6.03 Å². The predicted molar refractivity (Wildman–Crippen MR) is 81.8 cm³/mol. The van der Waals surface area contributed by atoms with Crippen LogP contribution in [0.1, 0.15) is 42.8 Å². The SMILES string of the molecule is CCCCC1(C)NC(=O)N(CC(=O)c2ccc(Cl)s2)C1=O. The van der Waals surface area contributed by atoms with E-state index < -0.39 is 11.6 Å². The van der Waals surface area contributed by atoms with Crippen molar-refractivity contribution in [2.75, 3.05) is 6.54 Å². The minimum absolute atomic E-state index is 0.247. The third-order valence-corrected chi connectivity index (χ3v) is 4.80. The Hall–Kier alpha value is -1.40. The van der Waals surface area contributed by atoms with Gasteiger partial charge in [-0.2, -0.15) is 0 Å². The van der Waals surface area contributed by atoms with E-state index in [1.54, 1.807) is 19.1 Å². The summed E-state index contributed by atoms with van der Waals surface area (Å²) >= 11 is 6.93. The minimum atomic E-state index is -0.902. The molecular formula is C14H17ClN2O3S. The zero-order chi connectivity index (χ0) is 15.6. The number of hydrogen-bond acceptors (Lipinski definition) is 4. The number of Topliss-reactive ketones (excluding diaryl/α,β-unsaturated/α-hetero) is 1. The molecule has 0 saturated carbocycles. The van der Waals surface area contributed by atoms with E-state index in [0.29, 0.717) is 15.6 Å². The molecule has 3 amide bonds. The zero-order valence-electron chi connectivity index (χ0n) is 11.9. The first-order valence-electron chi connectivity index (χ1n) is 6.80. The average molecular weight is 329 g/mol. The van der Waals surface area contributed by atoms with Gasteiger partial charge in [-0.25, -0.2) is 4.79 Å². The molecule has 0 radical (unpaired) electrons. The number of halogens is 1. The smallest absolute Gasteiger partial charge is 0.323 e. The Morgan fingerprint density at radius 2 is 2.14 bits per heavy atom. The Kier molecular flexibility index (Phi) is 4.68. The van der Waals surface area contributed by atoms with Crippen LogP contribution < -0.4 is 5.32 Å². The molecule has 2 rings (SSSR count). The molecule has 0 aliphatic carbocycles. The number of carbonyl (C=O) groups excluding carboxylic acids is 3. The van der Waals surface area contributed by atoms with Gasteiger partial charge < -0.3 is 5.32 Å². The highest BCUT2D eigenvalue weighted by molar-refractivity contribution is 7.18. The van der Waals surface area contributed by atoms with Crippen molar-refractivity contribution in [1.29, 1.82) is 0 Å². The van der Waals surface area contributed by atoms with Crippen molar-refractivity contribution in [3.63, 3.8) is 0 Å². The van der Waals surface area contributed by atoms with Crippen LogP contribution in [-0.4, -0.2) is 34.7 Å². The Bertz CT molecular complexity index is 587. The molecule has 0 aromatic carbocycles. The van der Waals surface area contributed by atoms with Gasteiger partial charge in [0.05, 0.1) is 15.8 Å². The quantitative estimate of drug-likeness (QED) is 0.644. The summed E-state index contributed by atoms with van der Waals surface area (Å²) in [6.07, 6.45) is 2.35. The molecule has 1 aromatic heterocycles. The van der Waals surface area contributed by atoms with Crippen LogP contribution in [0.3, 0.4) is 0 Å². The largest absolute Gasteiger partial charge is 0.325 e. The number of thiophene rings is 1. The fourth-order valence-corrected chi connectivity index (χ4v) is 3.25. The molecule has 1 aromatic rings. The highest BCUT2D eigenvalue weighted by Crippen LogP contribution is 2.25. The zero-order valence-corrected chi connectivity index (χ0v) is 13.5. The van der Waals surface area contributed by atoms with Gasteiger partial charge in [-0.15, -0.1) is 11.3 Å². The van der Waals surface area contributed by atoms with Gasteiger partial charge in [0.1, 0.15) is 5.54 Å². The van der Waals surface area contributed by atoms with Crippen LogP contribution in [0.2, 0.25) is 4.34 Å². The average Bonchev–Trinajstić information content (AvgIpc) is 2.95. The number of ketones is 1. The Labute approximate surface area is 132 Å². The van der Waals surface area contributed by atoms with Crippen LogP contribution in [0, 0.1) is 0 Å². The number of carbonyl (C=O) groups is 3. The summed E-state index contributed by atoms with van der Waals surface area (Å²) in [4.78, 5) is 37.9.